The van der Waals surface area contributed by atoms with Gasteiger partial charge in [-0.15, -0.1) is 11.3 Å². The maximum absolute atomic E-state index is 12.1. The number of Topliss-reactive ketones (excluding diaryl/α,β-unsaturated/α-hetero) is 1. The first-order valence-electron chi connectivity index (χ1n) is 7.11. The van der Waals surface area contributed by atoms with E-state index in [9.17, 15) is 9.59 Å². The molecule has 0 atom stereocenters. The van der Waals surface area contributed by atoms with E-state index in [0.29, 0.717) is 12.8 Å². The summed E-state index contributed by atoms with van der Waals surface area (Å²) >= 11 is 1.63. The first kappa shape index (κ1) is 15.2. The lowest BCUT2D eigenvalue weighted by atomic mass is 10.0. The van der Waals surface area contributed by atoms with E-state index in [0.717, 1.165) is 41.2 Å². The number of rotatable bonds is 4. The molecule has 2 N–H and O–H groups in total. The summed E-state index contributed by atoms with van der Waals surface area (Å²) in [6.45, 7) is 5.41. The number of hydrogen-bond donors (Lipinski definition) is 1. The molecule has 0 aliphatic carbocycles. The zero-order valence-electron chi connectivity index (χ0n) is 12.1. The normalized spacial score (nSPS) is 16.4. The smallest absolute Gasteiger partial charge is 0.223 e. The van der Waals surface area contributed by atoms with Crippen LogP contribution < -0.4 is 5.73 Å². The van der Waals surface area contributed by atoms with Crippen molar-refractivity contribution in [3.05, 3.63) is 21.4 Å². The average Bonchev–Trinajstić information content (AvgIpc) is 2.75. The van der Waals surface area contributed by atoms with Crippen LogP contribution in [0.4, 0.5) is 0 Å². The number of thiophene rings is 1. The number of nitrogens with two attached hydrogens (primary N) is 1. The minimum atomic E-state index is 0.0777. The molecule has 1 aromatic heterocycles. The van der Waals surface area contributed by atoms with E-state index in [1.807, 2.05) is 24.8 Å². The Bertz CT molecular complexity index is 502. The minimum Gasteiger partial charge on any atom is -0.343 e. The molecular weight excluding hydrogens is 272 g/mol. The second kappa shape index (κ2) is 6.50. The predicted octanol–water partition coefficient (Wildman–Crippen LogP) is 2.28. The standard InChI is InChI=1S/C15H22N2O2S/c1-10-9-13(11(2)20-10)14(18)3-4-15(19)17-7-5-12(16)6-8-17/h9,12H,3-8,16H2,1-2H3. The van der Waals surface area contributed by atoms with E-state index in [4.69, 9.17) is 5.73 Å². The zero-order valence-corrected chi connectivity index (χ0v) is 13.0. The Balaban J connectivity index is 1.84. The van der Waals surface area contributed by atoms with Gasteiger partial charge in [-0.1, -0.05) is 0 Å². The number of aryl methyl sites for hydroxylation is 2. The van der Waals surface area contributed by atoms with Gasteiger partial charge in [-0.25, -0.2) is 0 Å². The van der Waals surface area contributed by atoms with Gasteiger partial charge in [0.2, 0.25) is 5.91 Å². The molecule has 0 aromatic carbocycles. The maximum Gasteiger partial charge on any atom is 0.223 e. The lowest BCUT2D eigenvalue weighted by Gasteiger charge is -2.30. The molecule has 2 rings (SSSR count). The topological polar surface area (TPSA) is 63.4 Å². The quantitative estimate of drug-likeness (QED) is 0.867. The Morgan fingerprint density at radius 1 is 1.30 bits per heavy atom. The second-order valence-corrected chi connectivity index (χ2v) is 6.93. The Morgan fingerprint density at radius 3 is 2.50 bits per heavy atom. The molecule has 1 aliphatic heterocycles. The van der Waals surface area contributed by atoms with Gasteiger partial charge >= 0.3 is 0 Å². The van der Waals surface area contributed by atoms with Crippen LogP contribution in [-0.4, -0.2) is 35.7 Å². The fourth-order valence-electron chi connectivity index (χ4n) is 2.57. The number of ketones is 1. The highest BCUT2D eigenvalue weighted by Gasteiger charge is 2.21. The lowest BCUT2D eigenvalue weighted by molar-refractivity contribution is -0.132. The average molecular weight is 294 g/mol. The number of carbonyl (C=O) groups is 2. The molecule has 0 saturated carbocycles. The van der Waals surface area contributed by atoms with Crippen LogP contribution in [0.3, 0.4) is 0 Å². The number of likely N-dealkylation sites (tertiary alicyclic amines) is 1. The molecule has 4 nitrogen and oxygen atoms in total. The molecule has 1 fully saturated rings. The highest BCUT2D eigenvalue weighted by Crippen LogP contribution is 2.22. The van der Waals surface area contributed by atoms with Gasteiger partial charge in [0.1, 0.15) is 0 Å². The molecule has 0 bridgehead atoms. The van der Waals surface area contributed by atoms with Crippen molar-refractivity contribution in [2.24, 2.45) is 5.73 Å². The minimum absolute atomic E-state index is 0.0777. The fraction of sp³-hybridized carbons (Fsp3) is 0.600. The van der Waals surface area contributed by atoms with Crippen molar-refractivity contribution in [3.8, 4) is 0 Å². The van der Waals surface area contributed by atoms with Crippen LogP contribution in [0.25, 0.3) is 0 Å². The summed E-state index contributed by atoms with van der Waals surface area (Å²) in [5, 5.41) is 0. The molecule has 1 saturated heterocycles. The first-order chi connectivity index (χ1) is 9.47. The Labute approximate surface area is 124 Å². The van der Waals surface area contributed by atoms with Crippen molar-refractivity contribution in [1.82, 2.24) is 4.90 Å². The molecule has 0 spiro atoms. The van der Waals surface area contributed by atoms with Gasteiger partial charge in [0, 0.05) is 47.3 Å². The Kier molecular flexibility index (Phi) is 4.94. The van der Waals surface area contributed by atoms with Gasteiger partial charge in [-0.2, -0.15) is 0 Å². The van der Waals surface area contributed by atoms with Crippen LogP contribution in [0, 0.1) is 13.8 Å². The monoisotopic (exact) mass is 294 g/mol. The maximum atomic E-state index is 12.1. The van der Waals surface area contributed by atoms with E-state index in [2.05, 4.69) is 0 Å². The number of amides is 1. The summed E-state index contributed by atoms with van der Waals surface area (Å²) in [5.41, 5.74) is 6.60. The summed E-state index contributed by atoms with van der Waals surface area (Å²) in [6, 6.07) is 2.14. The van der Waals surface area contributed by atoms with Crippen LogP contribution in [0.5, 0.6) is 0 Å². The van der Waals surface area contributed by atoms with Gasteiger partial charge in [-0.05, 0) is 32.8 Å². The van der Waals surface area contributed by atoms with Crippen LogP contribution >= 0.6 is 11.3 Å². The summed E-state index contributed by atoms with van der Waals surface area (Å²) in [5.74, 6) is 0.156. The molecule has 1 aromatic rings. The van der Waals surface area contributed by atoms with E-state index in [-0.39, 0.29) is 17.7 Å². The Hall–Kier alpha value is -1.20. The van der Waals surface area contributed by atoms with E-state index in [1.54, 1.807) is 11.3 Å². The molecule has 110 valence electrons. The third-order valence-electron chi connectivity index (χ3n) is 3.80. The van der Waals surface area contributed by atoms with Crippen molar-refractivity contribution in [2.75, 3.05) is 13.1 Å². The summed E-state index contributed by atoms with van der Waals surface area (Å²) in [7, 11) is 0. The lowest BCUT2D eigenvalue weighted by Crippen LogP contribution is -2.42. The third kappa shape index (κ3) is 3.67. The van der Waals surface area contributed by atoms with Crippen molar-refractivity contribution >= 4 is 23.0 Å². The number of hydrogen-bond acceptors (Lipinski definition) is 4. The van der Waals surface area contributed by atoms with Crippen LogP contribution in [0.2, 0.25) is 0 Å². The fourth-order valence-corrected chi connectivity index (χ4v) is 3.51. The van der Waals surface area contributed by atoms with Gasteiger partial charge < -0.3 is 10.6 Å². The second-order valence-electron chi connectivity index (χ2n) is 5.47. The van der Waals surface area contributed by atoms with Crippen LogP contribution in [0.1, 0.15) is 45.8 Å². The van der Waals surface area contributed by atoms with Crippen LogP contribution in [0.15, 0.2) is 6.07 Å². The van der Waals surface area contributed by atoms with Gasteiger partial charge in [0.25, 0.3) is 0 Å². The Morgan fingerprint density at radius 2 is 1.95 bits per heavy atom. The highest BCUT2D eigenvalue weighted by atomic mass is 32.1. The molecule has 1 aliphatic rings. The van der Waals surface area contributed by atoms with Crippen molar-refractivity contribution in [1.29, 1.82) is 0 Å². The van der Waals surface area contributed by atoms with Gasteiger partial charge in [-0.3, -0.25) is 9.59 Å². The summed E-state index contributed by atoms with van der Waals surface area (Å²) < 4.78 is 0. The van der Waals surface area contributed by atoms with Gasteiger partial charge in [0.15, 0.2) is 5.78 Å². The number of nitrogens with zero attached hydrogens (tertiary/aromatic N) is 1. The van der Waals surface area contributed by atoms with Crippen LogP contribution in [-0.2, 0) is 4.79 Å². The van der Waals surface area contributed by atoms with Crippen molar-refractivity contribution < 1.29 is 9.59 Å². The highest BCUT2D eigenvalue weighted by molar-refractivity contribution is 7.12. The molecule has 5 heteroatoms. The molecule has 20 heavy (non-hydrogen) atoms. The molecule has 0 unspecified atom stereocenters. The number of piperidine rings is 1. The predicted molar refractivity (Wildman–Crippen MR) is 81.1 cm³/mol. The van der Waals surface area contributed by atoms with Crippen molar-refractivity contribution in [2.45, 2.75) is 45.6 Å². The molecular formula is C15H22N2O2S. The summed E-state index contributed by atoms with van der Waals surface area (Å²) in [4.78, 5) is 28.2. The zero-order chi connectivity index (χ0) is 14.7. The SMILES string of the molecule is Cc1cc(C(=O)CCC(=O)N2CCC(N)CC2)c(C)s1. The van der Waals surface area contributed by atoms with Crippen molar-refractivity contribution in [3.63, 3.8) is 0 Å². The molecule has 0 radical (unpaired) electrons. The largest absolute Gasteiger partial charge is 0.343 e. The summed E-state index contributed by atoms with van der Waals surface area (Å²) in [6.07, 6.45) is 2.34. The van der Waals surface area contributed by atoms with E-state index in [1.165, 1.54) is 0 Å². The molecule has 1 amide bonds. The van der Waals surface area contributed by atoms with E-state index < -0.39 is 0 Å². The van der Waals surface area contributed by atoms with Gasteiger partial charge in [0.05, 0.1) is 0 Å². The molecule has 2 heterocycles. The number of carbonyl (C=O) groups excluding carboxylic acids is 2. The third-order valence-corrected chi connectivity index (χ3v) is 4.77. The van der Waals surface area contributed by atoms with E-state index >= 15 is 0 Å². The first-order valence-corrected chi connectivity index (χ1v) is 7.92.